The molecule has 0 atom stereocenters. The molecule has 0 radical (unpaired) electrons. The van der Waals surface area contributed by atoms with Gasteiger partial charge >= 0.3 is 0 Å². The van der Waals surface area contributed by atoms with Crippen LogP contribution in [-0.4, -0.2) is 6.29 Å². The van der Waals surface area contributed by atoms with Gasteiger partial charge in [0.1, 0.15) is 0 Å². The lowest BCUT2D eigenvalue weighted by molar-refractivity contribution is 0.112. The molecule has 1 nitrogen and oxygen atoms in total. The van der Waals surface area contributed by atoms with Gasteiger partial charge in [0.25, 0.3) is 0 Å². The fourth-order valence-corrected chi connectivity index (χ4v) is 2.82. The Bertz CT molecular complexity index is 576. The molecule has 0 fully saturated rings. The molecular weight excluding hydrogens is 276 g/mol. The highest BCUT2D eigenvalue weighted by molar-refractivity contribution is 7.99. The zero-order valence-corrected chi connectivity index (χ0v) is 12.5. The van der Waals surface area contributed by atoms with E-state index in [1.165, 1.54) is 5.56 Å². The standard InChI is InChI=1S/C16H15ClOS/c1-11(2)12-3-6-15(7-4-12)19-16-8-5-14(17)9-13(16)10-18/h3-11H,1-2H3. The second-order valence-corrected chi connectivity index (χ2v) is 6.18. The van der Waals surface area contributed by atoms with Crippen molar-refractivity contribution in [3.05, 3.63) is 58.6 Å². The van der Waals surface area contributed by atoms with E-state index in [0.717, 1.165) is 16.1 Å². The van der Waals surface area contributed by atoms with Crippen LogP contribution in [0, 0.1) is 0 Å². The minimum absolute atomic E-state index is 0.528. The van der Waals surface area contributed by atoms with Gasteiger partial charge in [-0.1, -0.05) is 49.3 Å². The third-order valence-corrected chi connectivity index (χ3v) is 4.21. The SMILES string of the molecule is CC(C)c1ccc(Sc2ccc(Cl)cc2C=O)cc1. The lowest BCUT2D eigenvalue weighted by atomic mass is 10.0. The fraction of sp³-hybridized carbons (Fsp3) is 0.188. The molecule has 0 aliphatic rings. The van der Waals surface area contributed by atoms with Crippen molar-refractivity contribution in [3.8, 4) is 0 Å². The van der Waals surface area contributed by atoms with Gasteiger partial charge in [-0.2, -0.15) is 0 Å². The number of aldehydes is 1. The summed E-state index contributed by atoms with van der Waals surface area (Å²) in [5, 5.41) is 0.585. The highest BCUT2D eigenvalue weighted by Crippen LogP contribution is 2.32. The van der Waals surface area contributed by atoms with Crippen molar-refractivity contribution in [1.82, 2.24) is 0 Å². The number of carbonyl (C=O) groups is 1. The van der Waals surface area contributed by atoms with E-state index in [0.29, 0.717) is 16.5 Å². The lowest BCUT2D eigenvalue weighted by Crippen LogP contribution is -1.87. The molecule has 0 unspecified atom stereocenters. The van der Waals surface area contributed by atoms with Gasteiger partial charge in [-0.05, 0) is 41.8 Å². The molecule has 3 heteroatoms. The normalized spacial score (nSPS) is 10.7. The van der Waals surface area contributed by atoms with Crippen molar-refractivity contribution in [1.29, 1.82) is 0 Å². The maximum absolute atomic E-state index is 11.0. The molecule has 0 aliphatic carbocycles. The smallest absolute Gasteiger partial charge is 0.151 e. The summed E-state index contributed by atoms with van der Waals surface area (Å²) in [5.74, 6) is 0.528. The summed E-state index contributed by atoms with van der Waals surface area (Å²) in [4.78, 5) is 13.1. The van der Waals surface area contributed by atoms with E-state index in [2.05, 4.69) is 38.1 Å². The minimum atomic E-state index is 0.528. The van der Waals surface area contributed by atoms with E-state index < -0.39 is 0 Å². The maximum Gasteiger partial charge on any atom is 0.151 e. The Morgan fingerprint density at radius 1 is 1.11 bits per heavy atom. The lowest BCUT2D eigenvalue weighted by Gasteiger charge is -2.08. The summed E-state index contributed by atoms with van der Waals surface area (Å²) in [6, 6.07) is 13.8. The second kappa shape index (κ2) is 6.27. The Hall–Kier alpha value is -1.25. The molecule has 0 spiro atoms. The average molecular weight is 291 g/mol. The van der Waals surface area contributed by atoms with E-state index in [1.54, 1.807) is 23.9 Å². The molecule has 0 N–H and O–H groups in total. The number of rotatable bonds is 4. The first-order chi connectivity index (χ1) is 9.10. The third-order valence-electron chi connectivity index (χ3n) is 2.87. The van der Waals surface area contributed by atoms with Crippen molar-refractivity contribution < 1.29 is 4.79 Å². The Labute approximate surface area is 123 Å². The molecule has 2 rings (SSSR count). The number of benzene rings is 2. The molecular formula is C16H15ClOS. The number of halogens is 1. The Kier molecular flexibility index (Phi) is 4.67. The highest BCUT2D eigenvalue weighted by atomic mass is 35.5. The van der Waals surface area contributed by atoms with Crippen LogP contribution in [0.4, 0.5) is 0 Å². The molecule has 19 heavy (non-hydrogen) atoms. The van der Waals surface area contributed by atoms with Crippen LogP contribution in [0.5, 0.6) is 0 Å². The minimum Gasteiger partial charge on any atom is -0.298 e. The van der Waals surface area contributed by atoms with Crippen LogP contribution >= 0.6 is 23.4 Å². The molecule has 0 amide bonds. The average Bonchev–Trinajstić information content (AvgIpc) is 2.41. The summed E-state index contributed by atoms with van der Waals surface area (Å²) in [6.07, 6.45) is 0.844. The molecule has 0 heterocycles. The van der Waals surface area contributed by atoms with Crippen LogP contribution in [-0.2, 0) is 0 Å². The molecule has 0 aromatic heterocycles. The zero-order chi connectivity index (χ0) is 13.8. The predicted octanol–water partition coefficient (Wildman–Crippen LogP) is 5.43. The van der Waals surface area contributed by atoms with E-state index in [-0.39, 0.29) is 0 Å². The molecule has 0 saturated carbocycles. The van der Waals surface area contributed by atoms with Crippen LogP contribution in [0.25, 0.3) is 0 Å². The Morgan fingerprint density at radius 3 is 2.37 bits per heavy atom. The second-order valence-electron chi connectivity index (χ2n) is 4.63. The topological polar surface area (TPSA) is 17.1 Å². The molecule has 98 valence electrons. The van der Waals surface area contributed by atoms with Crippen molar-refractivity contribution in [2.45, 2.75) is 29.6 Å². The van der Waals surface area contributed by atoms with Gasteiger partial charge in [0, 0.05) is 20.4 Å². The first kappa shape index (κ1) is 14.2. The quantitative estimate of drug-likeness (QED) is 0.699. The van der Waals surface area contributed by atoms with E-state index in [1.807, 2.05) is 6.07 Å². The number of hydrogen-bond donors (Lipinski definition) is 0. The molecule has 0 aliphatic heterocycles. The molecule has 0 bridgehead atoms. The van der Waals surface area contributed by atoms with Crippen molar-refractivity contribution in [2.24, 2.45) is 0 Å². The third kappa shape index (κ3) is 3.62. The monoisotopic (exact) mass is 290 g/mol. The fourth-order valence-electron chi connectivity index (χ4n) is 1.75. The number of carbonyl (C=O) groups excluding carboxylic acids is 1. The summed E-state index contributed by atoms with van der Waals surface area (Å²) in [5.41, 5.74) is 1.95. The van der Waals surface area contributed by atoms with Crippen LogP contribution in [0.3, 0.4) is 0 Å². The van der Waals surface area contributed by atoms with Gasteiger partial charge in [-0.3, -0.25) is 4.79 Å². The van der Waals surface area contributed by atoms with Crippen LogP contribution < -0.4 is 0 Å². The summed E-state index contributed by atoms with van der Waals surface area (Å²) in [6.45, 7) is 4.34. The van der Waals surface area contributed by atoms with Gasteiger partial charge in [0.2, 0.25) is 0 Å². The van der Waals surface area contributed by atoms with E-state index in [4.69, 9.17) is 11.6 Å². The number of hydrogen-bond acceptors (Lipinski definition) is 2. The highest BCUT2D eigenvalue weighted by Gasteiger charge is 2.05. The molecule has 0 saturated heterocycles. The summed E-state index contributed by atoms with van der Waals surface area (Å²) < 4.78 is 0. The van der Waals surface area contributed by atoms with Crippen molar-refractivity contribution >= 4 is 29.6 Å². The van der Waals surface area contributed by atoms with Crippen LogP contribution in [0.2, 0.25) is 5.02 Å². The largest absolute Gasteiger partial charge is 0.298 e. The van der Waals surface area contributed by atoms with Gasteiger partial charge in [-0.15, -0.1) is 0 Å². The van der Waals surface area contributed by atoms with Crippen LogP contribution in [0.1, 0.15) is 35.7 Å². The van der Waals surface area contributed by atoms with Gasteiger partial charge in [0.15, 0.2) is 6.29 Å². The van der Waals surface area contributed by atoms with Crippen molar-refractivity contribution in [2.75, 3.05) is 0 Å². The van der Waals surface area contributed by atoms with E-state index in [9.17, 15) is 4.79 Å². The Morgan fingerprint density at radius 2 is 1.79 bits per heavy atom. The predicted molar refractivity (Wildman–Crippen MR) is 81.5 cm³/mol. The Balaban J connectivity index is 2.23. The first-order valence-corrected chi connectivity index (χ1v) is 7.32. The summed E-state index contributed by atoms with van der Waals surface area (Å²) in [7, 11) is 0. The van der Waals surface area contributed by atoms with Gasteiger partial charge < -0.3 is 0 Å². The zero-order valence-electron chi connectivity index (χ0n) is 10.9. The van der Waals surface area contributed by atoms with Gasteiger partial charge in [0.05, 0.1) is 0 Å². The summed E-state index contributed by atoms with van der Waals surface area (Å²) >= 11 is 7.46. The van der Waals surface area contributed by atoms with Gasteiger partial charge in [-0.25, -0.2) is 0 Å². The van der Waals surface area contributed by atoms with Crippen molar-refractivity contribution in [3.63, 3.8) is 0 Å². The van der Waals surface area contributed by atoms with E-state index >= 15 is 0 Å². The maximum atomic E-state index is 11.0. The first-order valence-electron chi connectivity index (χ1n) is 6.12. The molecule has 2 aromatic rings. The van der Waals surface area contributed by atoms with Crippen LogP contribution in [0.15, 0.2) is 52.3 Å². The molecule has 2 aromatic carbocycles.